The molecule has 1 aliphatic carbocycles. The molecule has 1 aromatic rings. The SMILES string of the molecule is O=C1CC2(CCCC2)CC(=O)N1Cc1ccc(Cl)cc1. The largest absolute Gasteiger partial charge is 0.278 e. The molecule has 2 aliphatic rings. The highest BCUT2D eigenvalue weighted by Gasteiger charge is 2.44. The summed E-state index contributed by atoms with van der Waals surface area (Å²) in [6.07, 6.45) is 5.42. The summed E-state index contributed by atoms with van der Waals surface area (Å²) in [5, 5.41) is 0.662. The zero-order chi connectivity index (χ0) is 14.2. The summed E-state index contributed by atoms with van der Waals surface area (Å²) in [6.45, 7) is 0.366. The number of piperidine rings is 1. The molecular weight excluding hydrogens is 274 g/mol. The number of rotatable bonds is 2. The van der Waals surface area contributed by atoms with Gasteiger partial charge in [0.05, 0.1) is 6.54 Å². The Morgan fingerprint density at radius 1 is 1.00 bits per heavy atom. The van der Waals surface area contributed by atoms with Crippen LogP contribution in [-0.4, -0.2) is 16.7 Å². The van der Waals surface area contributed by atoms with Crippen molar-refractivity contribution in [3.63, 3.8) is 0 Å². The molecule has 0 N–H and O–H groups in total. The number of likely N-dealkylation sites (tertiary alicyclic amines) is 1. The first kappa shape index (κ1) is 13.6. The second kappa shape index (κ2) is 5.21. The maximum absolute atomic E-state index is 12.3. The summed E-state index contributed by atoms with van der Waals surface area (Å²) in [4.78, 5) is 26.0. The monoisotopic (exact) mass is 291 g/mol. The fraction of sp³-hybridized carbons (Fsp3) is 0.500. The highest BCUT2D eigenvalue weighted by molar-refractivity contribution is 6.30. The van der Waals surface area contributed by atoms with E-state index in [2.05, 4.69) is 0 Å². The van der Waals surface area contributed by atoms with Gasteiger partial charge in [0.15, 0.2) is 0 Å². The van der Waals surface area contributed by atoms with E-state index in [1.807, 2.05) is 12.1 Å². The molecule has 2 amide bonds. The summed E-state index contributed by atoms with van der Waals surface area (Å²) in [5.41, 5.74) is 0.920. The average molecular weight is 292 g/mol. The molecule has 4 heteroatoms. The van der Waals surface area contributed by atoms with Crippen LogP contribution in [0.2, 0.25) is 5.02 Å². The quantitative estimate of drug-likeness (QED) is 0.782. The van der Waals surface area contributed by atoms with Gasteiger partial charge >= 0.3 is 0 Å². The molecule has 0 bridgehead atoms. The second-order valence-corrected chi connectivity index (χ2v) is 6.50. The summed E-state index contributed by atoms with van der Waals surface area (Å²) in [6, 6.07) is 7.30. The molecule has 106 valence electrons. The van der Waals surface area contributed by atoms with Crippen LogP contribution >= 0.6 is 11.6 Å². The third-order valence-electron chi connectivity index (χ3n) is 4.57. The highest BCUT2D eigenvalue weighted by Crippen LogP contribution is 2.47. The molecule has 1 spiro atoms. The van der Waals surface area contributed by atoms with Crippen LogP contribution in [0, 0.1) is 5.41 Å². The Kier molecular flexibility index (Phi) is 3.55. The van der Waals surface area contributed by atoms with E-state index in [-0.39, 0.29) is 17.2 Å². The summed E-state index contributed by atoms with van der Waals surface area (Å²) >= 11 is 5.85. The van der Waals surface area contributed by atoms with Crippen molar-refractivity contribution >= 4 is 23.4 Å². The van der Waals surface area contributed by atoms with Gasteiger partial charge in [0.1, 0.15) is 0 Å². The van der Waals surface area contributed by atoms with E-state index in [9.17, 15) is 9.59 Å². The fourth-order valence-corrected chi connectivity index (χ4v) is 3.59. The number of nitrogens with zero attached hydrogens (tertiary/aromatic N) is 1. The van der Waals surface area contributed by atoms with Crippen molar-refractivity contribution in [2.24, 2.45) is 5.41 Å². The summed E-state index contributed by atoms with van der Waals surface area (Å²) in [5.74, 6) is -0.0313. The van der Waals surface area contributed by atoms with E-state index in [4.69, 9.17) is 11.6 Å². The van der Waals surface area contributed by atoms with Crippen LogP contribution in [0.1, 0.15) is 44.1 Å². The van der Waals surface area contributed by atoms with E-state index in [0.29, 0.717) is 24.4 Å². The molecule has 2 fully saturated rings. The van der Waals surface area contributed by atoms with Gasteiger partial charge in [-0.25, -0.2) is 0 Å². The molecule has 1 aromatic carbocycles. The molecule has 3 nitrogen and oxygen atoms in total. The van der Waals surface area contributed by atoms with Gasteiger partial charge in [-0.15, -0.1) is 0 Å². The Hall–Kier alpha value is -1.35. The molecule has 0 radical (unpaired) electrons. The fourth-order valence-electron chi connectivity index (χ4n) is 3.46. The van der Waals surface area contributed by atoms with Gasteiger partial charge in [-0.2, -0.15) is 0 Å². The minimum absolute atomic E-state index is 0.0156. The molecule has 3 rings (SSSR count). The normalized spacial score (nSPS) is 21.8. The maximum atomic E-state index is 12.3. The van der Waals surface area contributed by atoms with Gasteiger partial charge < -0.3 is 0 Å². The third-order valence-corrected chi connectivity index (χ3v) is 4.82. The zero-order valence-electron chi connectivity index (χ0n) is 11.4. The van der Waals surface area contributed by atoms with Crippen LogP contribution in [0.5, 0.6) is 0 Å². The minimum Gasteiger partial charge on any atom is -0.278 e. The van der Waals surface area contributed by atoms with Gasteiger partial charge in [0.25, 0.3) is 0 Å². The Labute approximate surface area is 123 Å². The van der Waals surface area contributed by atoms with Crippen molar-refractivity contribution in [3.8, 4) is 0 Å². The number of imide groups is 1. The van der Waals surface area contributed by atoms with E-state index < -0.39 is 0 Å². The smallest absolute Gasteiger partial charge is 0.230 e. The van der Waals surface area contributed by atoms with Crippen molar-refractivity contribution in [2.45, 2.75) is 45.1 Å². The predicted octanol–water partition coefficient (Wildman–Crippen LogP) is 3.55. The van der Waals surface area contributed by atoms with Crippen LogP contribution in [-0.2, 0) is 16.1 Å². The summed E-state index contributed by atoms with van der Waals surface area (Å²) < 4.78 is 0. The lowest BCUT2D eigenvalue weighted by Crippen LogP contribution is -2.46. The molecule has 0 unspecified atom stereocenters. The van der Waals surface area contributed by atoms with Gasteiger partial charge in [-0.1, -0.05) is 36.6 Å². The van der Waals surface area contributed by atoms with Gasteiger partial charge in [0.2, 0.25) is 11.8 Å². The number of hydrogen-bond donors (Lipinski definition) is 0. The van der Waals surface area contributed by atoms with Gasteiger partial charge in [-0.05, 0) is 36.0 Å². The van der Waals surface area contributed by atoms with Crippen LogP contribution in [0.3, 0.4) is 0 Å². The number of benzene rings is 1. The number of halogens is 1. The molecule has 1 saturated heterocycles. The average Bonchev–Trinajstić information content (AvgIpc) is 2.84. The zero-order valence-corrected chi connectivity index (χ0v) is 12.2. The maximum Gasteiger partial charge on any atom is 0.230 e. The number of carbonyl (C=O) groups is 2. The van der Waals surface area contributed by atoms with Crippen molar-refractivity contribution in [2.75, 3.05) is 0 Å². The lowest BCUT2D eigenvalue weighted by molar-refractivity contribution is -0.154. The predicted molar refractivity (Wildman–Crippen MR) is 77.1 cm³/mol. The van der Waals surface area contributed by atoms with Crippen LogP contribution in [0.15, 0.2) is 24.3 Å². The van der Waals surface area contributed by atoms with E-state index >= 15 is 0 Å². The molecular formula is C16H18ClNO2. The Morgan fingerprint density at radius 3 is 2.10 bits per heavy atom. The molecule has 0 atom stereocenters. The van der Waals surface area contributed by atoms with Crippen molar-refractivity contribution in [1.82, 2.24) is 4.90 Å². The van der Waals surface area contributed by atoms with Crippen molar-refractivity contribution in [1.29, 1.82) is 0 Å². The van der Waals surface area contributed by atoms with E-state index in [1.165, 1.54) is 4.90 Å². The first-order valence-electron chi connectivity index (χ1n) is 7.16. The molecule has 1 aliphatic heterocycles. The molecule has 0 aromatic heterocycles. The molecule has 1 saturated carbocycles. The minimum atomic E-state index is -0.0232. The van der Waals surface area contributed by atoms with Crippen LogP contribution in [0.25, 0.3) is 0 Å². The number of carbonyl (C=O) groups excluding carboxylic acids is 2. The van der Waals surface area contributed by atoms with E-state index in [1.54, 1.807) is 12.1 Å². The van der Waals surface area contributed by atoms with Crippen molar-refractivity contribution in [3.05, 3.63) is 34.9 Å². The lowest BCUT2D eigenvalue weighted by atomic mass is 9.76. The Balaban J connectivity index is 1.73. The number of hydrogen-bond acceptors (Lipinski definition) is 2. The van der Waals surface area contributed by atoms with Gasteiger partial charge in [0, 0.05) is 17.9 Å². The van der Waals surface area contributed by atoms with Gasteiger partial charge in [-0.3, -0.25) is 14.5 Å². The molecule has 20 heavy (non-hydrogen) atoms. The Morgan fingerprint density at radius 2 is 1.55 bits per heavy atom. The first-order valence-corrected chi connectivity index (χ1v) is 7.53. The standard InChI is InChI=1S/C16H18ClNO2/c17-13-5-3-12(4-6-13)11-18-14(19)9-16(10-15(18)20)7-1-2-8-16/h3-6H,1-2,7-11H2. The highest BCUT2D eigenvalue weighted by atomic mass is 35.5. The Bertz CT molecular complexity index is 512. The topological polar surface area (TPSA) is 37.4 Å². The third kappa shape index (κ3) is 2.59. The van der Waals surface area contributed by atoms with E-state index in [0.717, 1.165) is 31.2 Å². The first-order chi connectivity index (χ1) is 9.58. The van der Waals surface area contributed by atoms with Crippen LogP contribution < -0.4 is 0 Å². The van der Waals surface area contributed by atoms with Crippen molar-refractivity contribution < 1.29 is 9.59 Å². The molecule has 1 heterocycles. The van der Waals surface area contributed by atoms with Crippen LogP contribution in [0.4, 0.5) is 0 Å². The summed E-state index contributed by atoms with van der Waals surface area (Å²) in [7, 11) is 0. The second-order valence-electron chi connectivity index (χ2n) is 6.06. The lowest BCUT2D eigenvalue weighted by Gasteiger charge is -2.37. The number of amides is 2.